The second kappa shape index (κ2) is 5.12. The SMILES string of the molecule is CNCC=Cc1ccc(C(F)(F)F)cc1F. The molecule has 0 aliphatic carbocycles. The second-order valence-corrected chi connectivity index (χ2v) is 3.19. The lowest BCUT2D eigenvalue weighted by Gasteiger charge is -2.07. The highest BCUT2D eigenvalue weighted by molar-refractivity contribution is 5.51. The van der Waals surface area contributed by atoms with Crippen LogP contribution in [-0.2, 0) is 6.18 Å². The van der Waals surface area contributed by atoms with Gasteiger partial charge in [0.05, 0.1) is 5.56 Å². The fourth-order valence-corrected chi connectivity index (χ4v) is 1.14. The highest BCUT2D eigenvalue weighted by Crippen LogP contribution is 2.30. The van der Waals surface area contributed by atoms with Crippen molar-refractivity contribution in [3.63, 3.8) is 0 Å². The Balaban J connectivity index is 2.92. The number of hydrogen-bond donors (Lipinski definition) is 1. The Labute approximate surface area is 90.8 Å². The highest BCUT2D eigenvalue weighted by atomic mass is 19.4. The van der Waals surface area contributed by atoms with Crippen molar-refractivity contribution in [2.24, 2.45) is 0 Å². The first kappa shape index (κ1) is 12.7. The van der Waals surface area contributed by atoms with Gasteiger partial charge < -0.3 is 5.32 Å². The first-order valence-corrected chi connectivity index (χ1v) is 4.63. The molecule has 0 aromatic heterocycles. The molecule has 0 amide bonds. The van der Waals surface area contributed by atoms with Crippen molar-refractivity contribution in [3.8, 4) is 0 Å². The molecule has 0 heterocycles. The van der Waals surface area contributed by atoms with Gasteiger partial charge in [-0.15, -0.1) is 0 Å². The third kappa shape index (κ3) is 3.34. The van der Waals surface area contributed by atoms with Gasteiger partial charge in [0.25, 0.3) is 0 Å². The van der Waals surface area contributed by atoms with Crippen molar-refractivity contribution in [1.29, 1.82) is 0 Å². The Kier molecular flexibility index (Phi) is 4.06. The molecule has 0 unspecified atom stereocenters. The van der Waals surface area contributed by atoms with E-state index in [-0.39, 0.29) is 5.56 Å². The van der Waals surface area contributed by atoms with E-state index in [9.17, 15) is 17.6 Å². The summed E-state index contributed by atoms with van der Waals surface area (Å²) < 4.78 is 49.9. The minimum atomic E-state index is -4.51. The fraction of sp³-hybridized carbons (Fsp3) is 0.273. The van der Waals surface area contributed by atoms with E-state index in [1.54, 1.807) is 13.1 Å². The molecule has 0 atom stereocenters. The molecule has 1 aromatic rings. The van der Waals surface area contributed by atoms with Gasteiger partial charge in [-0.05, 0) is 19.2 Å². The van der Waals surface area contributed by atoms with E-state index < -0.39 is 17.6 Å². The van der Waals surface area contributed by atoms with Crippen LogP contribution in [0.3, 0.4) is 0 Å². The number of likely N-dealkylation sites (N-methyl/N-ethyl adjacent to an activating group) is 1. The van der Waals surface area contributed by atoms with Crippen molar-refractivity contribution in [1.82, 2.24) is 5.32 Å². The molecule has 1 rings (SSSR count). The molecule has 0 spiro atoms. The van der Waals surface area contributed by atoms with Crippen LogP contribution in [-0.4, -0.2) is 13.6 Å². The van der Waals surface area contributed by atoms with Gasteiger partial charge in [-0.2, -0.15) is 13.2 Å². The molecule has 0 radical (unpaired) electrons. The lowest BCUT2D eigenvalue weighted by Crippen LogP contribution is -2.06. The molecular formula is C11H11F4N. The van der Waals surface area contributed by atoms with E-state index in [4.69, 9.17) is 0 Å². The van der Waals surface area contributed by atoms with Crippen LogP contribution in [0, 0.1) is 5.82 Å². The van der Waals surface area contributed by atoms with E-state index in [1.807, 2.05) is 0 Å². The summed E-state index contributed by atoms with van der Waals surface area (Å²) in [5, 5.41) is 2.80. The van der Waals surface area contributed by atoms with E-state index in [0.29, 0.717) is 12.6 Å². The average Bonchev–Trinajstić information content (AvgIpc) is 2.19. The lowest BCUT2D eigenvalue weighted by molar-refractivity contribution is -0.137. The summed E-state index contributed by atoms with van der Waals surface area (Å²) in [4.78, 5) is 0. The molecular weight excluding hydrogens is 222 g/mol. The van der Waals surface area contributed by atoms with Crippen molar-refractivity contribution in [2.45, 2.75) is 6.18 Å². The predicted molar refractivity (Wildman–Crippen MR) is 54.4 cm³/mol. The van der Waals surface area contributed by atoms with Gasteiger partial charge in [0.1, 0.15) is 5.82 Å². The van der Waals surface area contributed by atoms with E-state index in [2.05, 4.69) is 5.32 Å². The maximum Gasteiger partial charge on any atom is 0.416 e. The van der Waals surface area contributed by atoms with Crippen LogP contribution in [0.1, 0.15) is 11.1 Å². The zero-order valence-corrected chi connectivity index (χ0v) is 8.61. The summed E-state index contributed by atoms with van der Waals surface area (Å²) in [6, 6.07) is 2.48. The first-order valence-electron chi connectivity index (χ1n) is 4.63. The fourth-order valence-electron chi connectivity index (χ4n) is 1.14. The number of halogens is 4. The van der Waals surface area contributed by atoms with Crippen LogP contribution in [0.15, 0.2) is 24.3 Å². The van der Waals surface area contributed by atoms with Gasteiger partial charge in [-0.1, -0.05) is 18.2 Å². The van der Waals surface area contributed by atoms with Gasteiger partial charge in [0, 0.05) is 12.1 Å². The Bertz CT molecular complexity index is 382. The molecule has 0 saturated heterocycles. The topological polar surface area (TPSA) is 12.0 Å². The molecule has 1 aromatic carbocycles. The van der Waals surface area contributed by atoms with Gasteiger partial charge in [0.2, 0.25) is 0 Å². The van der Waals surface area contributed by atoms with Crippen LogP contribution in [0.4, 0.5) is 17.6 Å². The smallest absolute Gasteiger partial charge is 0.316 e. The maximum absolute atomic E-state index is 13.2. The Morgan fingerprint density at radius 2 is 2.00 bits per heavy atom. The summed E-state index contributed by atoms with van der Waals surface area (Å²) in [7, 11) is 1.72. The van der Waals surface area contributed by atoms with Gasteiger partial charge in [-0.3, -0.25) is 0 Å². The first-order chi connectivity index (χ1) is 7.45. The van der Waals surface area contributed by atoms with Crippen LogP contribution in [0.5, 0.6) is 0 Å². The number of hydrogen-bond acceptors (Lipinski definition) is 1. The van der Waals surface area contributed by atoms with E-state index >= 15 is 0 Å². The number of benzene rings is 1. The third-order valence-corrected chi connectivity index (χ3v) is 1.95. The quantitative estimate of drug-likeness (QED) is 0.791. The number of alkyl halides is 3. The summed E-state index contributed by atoms with van der Waals surface area (Å²) in [5.74, 6) is -0.873. The summed E-state index contributed by atoms with van der Waals surface area (Å²) >= 11 is 0. The van der Waals surface area contributed by atoms with Crippen LogP contribution >= 0.6 is 0 Å². The molecule has 1 nitrogen and oxygen atoms in total. The molecule has 1 N–H and O–H groups in total. The van der Waals surface area contributed by atoms with Crippen molar-refractivity contribution >= 4 is 6.08 Å². The van der Waals surface area contributed by atoms with Crippen molar-refractivity contribution in [2.75, 3.05) is 13.6 Å². The third-order valence-electron chi connectivity index (χ3n) is 1.95. The van der Waals surface area contributed by atoms with Gasteiger partial charge in [-0.25, -0.2) is 4.39 Å². The Morgan fingerprint density at radius 1 is 1.31 bits per heavy atom. The van der Waals surface area contributed by atoms with Gasteiger partial charge in [0.15, 0.2) is 0 Å². The lowest BCUT2D eigenvalue weighted by atomic mass is 10.1. The Hall–Kier alpha value is -1.36. The van der Waals surface area contributed by atoms with Crippen molar-refractivity contribution < 1.29 is 17.6 Å². The highest BCUT2D eigenvalue weighted by Gasteiger charge is 2.30. The monoisotopic (exact) mass is 233 g/mol. The van der Waals surface area contributed by atoms with Crippen LogP contribution in [0.25, 0.3) is 6.08 Å². The van der Waals surface area contributed by atoms with Gasteiger partial charge >= 0.3 is 6.18 Å². The summed E-state index contributed by atoms with van der Waals surface area (Å²) in [5.41, 5.74) is -0.834. The molecule has 88 valence electrons. The van der Waals surface area contributed by atoms with Crippen LogP contribution in [0.2, 0.25) is 0 Å². The normalized spacial score (nSPS) is 12.3. The summed E-state index contributed by atoms with van der Waals surface area (Å²) in [6.45, 7) is 0.528. The number of nitrogens with one attached hydrogen (secondary N) is 1. The summed E-state index contributed by atoms with van der Waals surface area (Å²) in [6.07, 6.45) is -1.44. The van der Waals surface area contributed by atoms with Crippen molar-refractivity contribution in [3.05, 3.63) is 41.2 Å². The molecule has 5 heteroatoms. The second-order valence-electron chi connectivity index (χ2n) is 3.19. The molecule has 0 aliphatic heterocycles. The average molecular weight is 233 g/mol. The predicted octanol–water partition coefficient (Wildman–Crippen LogP) is 3.08. The molecule has 0 saturated carbocycles. The standard InChI is InChI=1S/C11H11F4N/c1-16-6-2-3-8-4-5-9(7-10(8)12)11(13,14)15/h2-5,7,16H,6H2,1H3. The minimum absolute atomic E-state index is 0.142. The molecule has 0 fully saturated rings. The van der Waals surface area contributed by atoms with E-state index in [1.165, 1.54) is 6.08 Å². The largest absolute Gasteiger partial charge is 0.416 e. The van der Waals surface area contributed by atoms with E-state index in [0.717, 1.165) is 12.1 Å². The maximum atomic E-state index is 13.2. The van der Waals surface area contributed by atoms with Crippen LogP contribution < -0.4 is 5.32 Å². The zero-order chi connectivity index (χ0) is 12.2. The zero-order valence-electron chi connectivity index (χ0n) is 8.61. The number of rotatable bonds is 3. The molecule has 0 aliphatic rings. The molecule has 0 bridgehead atoms. The molecule has 16 heavy (non-hydrogen) atoms. The Morgan fingerprint density at radius 3 is 2.50 bits per heavy atom. The minimum Gasteiger partial charge on any atom is -0.316 e.